The van der Waals surface area contributed by atoms with Crippen LogP contribution in [0.2, 0.25) is 39.3 Å². The molecule has 34 heavy (non-hydrogen) atoms. The van der Waals surface area contributed by atoms with E-state index in [1.54, 1.807) is 0 Å². The summed E-state index contributed by atoms with van der Waals surface area (Å²) >= 11 is 0. The first-order valence-electron chi connectivity index (χ1n) is 11.1. The number of halogens is 3. The lowest BCUT2D eigenvalue weighted by molar-refractivity contribution is -0.0500. The molecule has 1 aliphatic carbocycles. The smallest absolute Gasteiger partial charge is 0.534 e. The molecule has 0 saturated carbocycles. The van der Waals surface area contributed by atoms with Crippen LogP contribution < -0.4 is 13.0 Å². The van der Waals surface area contributed by atoms with Crippen molar-refractivity contribution < 1.29 is 34.6 Å². The first-order valence-corrected chi connectivity index (χ1v) is 19.3. The predicted molar refractivity (Wildman–Crippen MR) is 134 cm³/mol. The number of benzene rings is 1. The number of hydrogen-bond donors (Lipinski definition) is 0. The normalized spacial score (nSPS) is 19.9. The zero-order valence-corrected chi connectivity index (χ0v) is 23.9. The molecule has 0 N–H and O–H groups in total. The van der Waals surface area contributed by atoms with Gasteiger partial charge in [-0.25, -0.2) is 0 Å². The summed E-state index contributed by atoms with van der Waals surface area (Å²) in [6.45, 7) is 19.8. The molecule has 1 aromatic rings. The Balaban J connectivity index is 2.85. The SMILES string of the molecule is C=C(C)[C@H]1CCC(C)=C[C@H]1c1c(O[Si](C)(C)C)cc(OS(=O)(=O)C(F)(F)F)cc1O[Si](C)(C)C. The second kappa shape index (κ2) is 9.73. The van der Waals surface area contributed by atoms with Gasteiger partial charge in [-0.05, 0) is 71.9 Å². The molecule has 0 spiro atoms. The highest BCUT2D eigenvalue weighted by Crippen LogP contribution is 2.49. The molecule has 2 rings (SSSR count). The number of allylic oxidation sites excluding steroid dienone is 3. The maximum atomic E-state index is 13.0. The van der Waals surface area contributed by atoms with E-state index in [0.717, 1.165) is 18.4 Å². The van der Waals surface area contributed by atoms with Crippen molar-refractivity contribution in [1.82, 2.24) is 0 Å². The van der Waals surface area contributed by atoms with Gasteiger partial charge in [0.05, 0.1) is 0 Å². The van der Waals surface area contributed by atoms with Gasteiger partial charge in [-0.2, -0.15) is 21.6 Å². The fourth-order valence-corrected chi connectivity index (χ4v) is 5.96. The van der Waals surface area contributed by atoms with Crippen molar-refractivity contribution in [3.05, 3.63) is 41.5 Å². The van der Waals surface area contributed by atoms with E-state index in [1.165, 1.54) is 17.7 Å². The quantitative estimate of drug-likeness (QED) is 0.150. The van der Waals surface area contributed by atoms with Gasteiger partial charge in [0, 0.05) is 23.6 Å². The van der Waals surface area contributed by atoms with E-state index in [9.17, 15) is 21.6 Å². The summed E-state index contributed by atoms with van der Waals surface area (Å²) < 4.78 is 79.7. The van der Waals surface area contributed by atoms with E-state index < -0.39 is 38.0 Å². The summed E-state index contributed by atoms with van der Waals surface area (Å²) in [7, 11) is -10.4. The molecule has 2 atom stereocenters. The maximum Gasteiger partial charge on any atom is 0.534 e. The zero-order chi connectivity index (χ0) is 26.3. The molecule has 0 aliphatic heterocycles. The number of hydrogen-bond acceptors (Lipinski definition) is 5. The van der Waals surface area contributed by atoms with E-state index in [1.807, 2.05) is 53.1 Å². The minimum Gasteiger partial charge on any atom is -0.544 e. The molecule has 5 nitrogen and oxygen atoms in total. The van der Waals surface area contributed by atoms with Crippen LogP contribution in [0, 0.1) is 5.92 Å². The summed E-state index contributed by atoms with van der Waals surface area (Å²) in [5.74, 6) is -0.0421. The van der Waals surface area contributed by atoms with Crippen LogP contribution in [0.4, 0.5) is 13.2 Å². The molecule has 0 saturated heterocycles. The Morgan fingerprint density at radius 2 is 1.50 bits per heavy atom. The Kier molecular flexibility index (Phi) is 8.16. The lowest BCUT2D eigenvalue weighted by Gasteiger charge is -2.35. The monoisotopic (exact) mass is 536 g/mol. The molecule has 11 heteroatoms. The van der Waals surface area contributed by atoms with Crippen LogP contribution >= 0.6 is 0 Å². The van der Waals surface area contributed by atoms with Crippen LogP contribution in [-0.4, -0.2) is 30.6 Å². The molecule has 0 unspecified atom stereocenters. The summed E-state index contributed by atoms with van der Waals surface area (Å²) in [5.41, 5.74) is -2.71. The number of alkyl halides is 3. The van der Waals surface area contributed by atoms with Gasteiger partial charge in [-0.3, -0.25) is 0 Å². The first-order chi connectivity index (χ1) is 15.2. The molecule has 0 radical (unpaired) electrons. The highest BCUT2D eigenvalue weighted by Gasteiger charge is 2.49. The maximum absolute atomic E-state index is 13.0. The van der Waals surface area contributed by atoms with Gasteiger partial charge in [-0.1, -0.05) is 23.8 Å². The average Bonchev–Trinajstić information content (AvgIpc) is 2.56. The second-order valence-corrected chi connectivity index (χ2v) is 21.2. The fourth-order valence-electron chi connectivity index (χ4n) is 3.86. The van der Waals surface area contributed by atoms with Crippen LogP contribution in [0.5, 0.6) is 17.2 Å². The number of rotatable bonds is 8. The molecule has 0 bridgehead atoms. The Hall–Kier alpha value is -1.73. The van der Waals surface area contributed by atoms with E-state index >= 15 is 0 Å². The summed E-state index contributed by atoms with van der Waals surface area (Å²) in [5, 5.41) is 0. The van der Waals surface area contributed by atoms with Crippen molar-refractivity contribution >= 4 is 26.8 Å². The predicted octanol–water partition coefficient (Wildman–Crippen LogP) is 7.36. The van der Waals surface area contributed by atoms with Gasteiger partial charge in [0.2, 0.25) is 16.6 Å². The molecule has 192 valence electrons. The van der Waals surface area contributed by atoms with Gasteiger partial charge >= 0.3 is 15.6 Å². The summed E-state index contributed by atoms with van der Waals surface area (Å²) in [6, 6.07) is 2.47. The van der Waals surface area contributed by atoms with Crippen molar-refractivity contribution in [2.75, 3.05) is 0 Å². The van der Waals surface area contributed by atoms with Crippen molar-refractivity contribution in [2.45, 2.75) is 77.4 Å². The van der Waals surface area contributed by atoms with E-state index in [0.29, 0.717) is 5.56 Å². The summed E-state index contributed by atoms with van der Waals surface area (Å²) in [6.07, 6.45) is 3.90. The Morgan fingerprint density at radius 1 is 1.03 bits per heavy atom. The third kappa shape index (κ3) is 7.38. The van der Waals surface area contributed by atoms with Crippen LogP contribution in [0.15, 0.2) is 35.9 Å². The topological polar surface area (TPSA) is 61.8 Å². The molecular formula is C23H35F3O5SSi2. The van der Waals surface area contributed by atoms with Crippen molar-refractivity contribution in [3.8, 4) is 17.2 Å². The van der Waals surface area contributed by atoms with Gasteiger partial charge in [0.1, 0.15) is 17.2 Å². The molecular weight excluding hydrogens is 501 g/mol. The van der Waals surface area contributed by atoms with E-state index in [-0.39, 0.29) is 23.3 Å². The molecule has 0 aromatic heterocycles. The Labute approximate surface area is 203 Å². The largest absolute Gasteiger partial charge is 0.544 e. The molecule has 1 aliphatic rings. The highest BCUT2D eigenvalue weighted by atomic mass is 32.2. The second-order valence-electron chi connectivity index (χ2n) is 10.8. The Bertz CT molecular complexity index is 1030. The van der Waals surface area contributed by atoms with E-state index in [4.69, 9.17) is 8.85 Å². The van der Waals surface area contributed by atoms with Crippen LogP contribution in [0.3, 0.4) is 0 Å². The van der Waals surface area contributed by atoms with Crippen LogP contribution in [-0.2, 0) is 10.1 Å². The van der Waals surface area contributed by atoms with Crippen molar-refractivity contribution in [1.29, 1.82) is 0 Å². The standard InChI is InChI=1S/C23H35F3O5SSi2/c1-15(2)18-11-10-16(3)12-19(18)22-20(30-33(4,5)6)13-17(14-21(22)31-34(7,8)9)29-32(27,28)23(24,25)26/h12-14,18-19H,1,10-11H2,2-9H3/t18-,19-/m1/s1. The van der Waals surface area contributed by atoms with Crippen molar-refractivity contribution in [2.24, 2.45) is 5.92 Å². The fraction of sp³-hybridized carbons (Fsp3) is 0.565. The lowest BCUT2D eigenvalue weighted by atomic mass is 9.74. The van der Waals surface area contributed by atoms with Crippen LogP contribution in [0.25, 0.3) is 0 Å². The van der Waals surface area contributed by atoms with Gasteiger partial charge in [0.15, 0.2) is 0 Å². The molecule has 0 amide bonds. The summed E-state index contributed by atoms with van der Waals surface area (Å²) in [4.78, 5) is 0. The lowest BCUT2D eigenvalue weighted by Crippen LogP contribution is -2.33. The van der Waals surface area contributed by atoms with E-state index in [2.05, 4.69) is 16.8 Å². The average molecular weight is 537 g/mol. The third-order valence-corrected chi connectivity index (χ3v) is 7.76. The minimum atomic E-state index is -5.86. The minimum absolute atomic E-state index is 0.0716. The van der Waals surface area contributed by atoms with Gasteiger partial charge in [-0.15, -0.1) is 0 Å². The van der Waals surface area contributed by atoms with Gasteiger partial charge in [0.25, 0.3) is 0 Å². The third-order valence-electron chi connectivity index (χ3n) is 5.11. The Morgan fingerprint density at radius 3 is 1.88 bits per heavy atom. The van der Waals surface area contributed by atoms with Gasteiger partial charge < -0.3 is 13.0 Å². The highest BCUT2D eigenvalue weighted by molar-refractivity contribution is 7.88. The van der Waals surface area contributed by atoms with Crippen molar-refractivity contribution in [3.63, 3.8) is 0 Å². The molecule has 0 heterocycles. The molecule has 1 aromatic carbocycles. The molecule has 0 fully saturated rings. The van der Waals surface area contributed by atoms with Crippen LogP contribution in [0.1, 0.15) is 38.2 Å². The zero-order valence-electron chi connectivity index (χ0n) is 21.1. The first kappa shape index (κ1) is 28.5.